The van der Waals surface area contributed by atoms with Gasteiger partial charge in [0.25, 0.3) is 11.6 Å². The molecule has 0 aliphatic rings. The first-order chi connectivity index (χ1) is 15.9. The Morgan fingerprint density at radius 1 is 1.00 bits per heavy atom. The number of ether oxygens (including phenoxy) is 2. The summed E-state index contributed by atoms with van der Waals surface area (Å²) in [6.07, 6.45) is 0. The summed E-state index contributed by atoms with van der Waals surface area (Å²) in [5.74, 6) is -0.795. The van der Waals surface area contributed by atoms with Gasteiger partial charge in [-0.25, -0.2) is 4.79 Å². The lowest BCUT2D eigenvalue weighted by molar-refractivity contribution is -0.384. The number of benzene rings is 3. The minimum absolute atomic E-state index is 0.0161. The first-order valence-corrected chi connectivity index (χ1v) is 9.74. The van der Waals surface area contributed by atoms with Gasteiger partial charge in [0.2, 0.25) is 0 Å². The summed E-state index contributed by atoms with van der Waals surface area (Å²) in [5.41, 5.74) is 2.18. The second-order valence-corrected chi connectivity index (χ2v) is 6.80. The highest BCUT2D eigenvalue weighted by molar-refractivity contribution is 5.95. The maximum Gasteiger partial charge on any atom is 0.338 e. The van der Waals surface area contributed by atoms with Crippen LogP contribution in [-0.4, -0.2) is 30.5 Å². The number of hydrogen-bond donors (Lipinski definition) is 1. The Morgan fingerprint density at radius 3 is 2.48 bits per heavy atom. The molecule has 0 bridgehead atoms. The van der Waals surface area contributed by atoms with Gasteiger partial charge in [-0.05, 0) is 48.9 Å². The van der Waals surface area contributed by atoms with Gasteiger partial charge in [0, 0.05) is 17.8 Å². The number of rotatable bonds is 8. The van der Waals surface area contributed by atoms with E-state index in [1.165, 1.54) is 18.2 Å². The van der Waals surface area contributed by atoms with E-state index in [0.29, 0.717) is 22.8 Å². The molecule has 0 radical (unpaired) electrons. The van der Waals surface area contributed by atoms with E-state index in [2.05, 4.69) is 15.5 Å². The van der Waals surface area contributed by atoms with Gasteiger partial charge in [0.15, 0.2) is 6.61 Å². The van der Waals surface area contributed by atoms with Crippen molar-refractivity contribution in [2.45, 2.75) is 6.92 Å². The number of aryl methyl sites for hydroxylation is 1. The normalized spacial score (nSPS) is 10.6. The van der Waals surface area contributed by atoms with Crippen LogP contribution in [-0.2, 0) is 9.53 Å². The smallest absolute Gasteiger partial charge is 0.338 e. The van der Waals surface area contributed by atoms with Crippen molar-refractivity contribution in [3.05, 3.63) is 88.0 Å². The molecule has 0 aliphatic carbocycles. The minimum atomic E-state index is -0.836. The van der Waals surface area contributed by atoms with Crippen molar-refractivity contribution in [1.82, 2.24) is 0 Å². The molecule has 10 heteroatoms. The topological polar surface area (TPSA) is 132 Å². The number of para-hydroxylation sites is 1. The summed E-state index contributed by atoms with van der Waals surface area (Å²) in [6, 6.07) is 17.3. The SMILES string of the molecule is COc1ccccc1N=Nc1ccc(NC(=O)COC(=O)c2cccc([N+](=O)[O-])c2)cc1C. The number of nitro benzene ring substituents is 1. The van der Waals surface area contributed by atoms with Crippen molar-refractivity contribution in [1.29, 1.82) is 0 Å². The molecule has 0 atom stereocenters. The number of methoxy groups -OCH3 is 1. The third-order valence-corrected chi connectivity index (χ3v) is 4.46. The van der Waals surface area contributed by atoms with Crippen LogP contribution in [0.4, 0.5) is 22.7 Å². The second kappa shape index (κ2) is 10.6. The number of amides is 1. The van der Waals surface area contributed by atoms with E-state index < -0.39 is 23.4 Å². The van der Waals surface area contributed by atoms with E-state index in [9.17, 15) is 19.7 Å². The van der Waals surface area contributed by atoms with Crippen LogP contribution in [0.15, 0.2) is 77.0 Å². The fourth-order valence-corrected chi connectivity index (χ4v) is 2.82. The number of nitro groups is 1. The summed E-state index contributed by atoms with van der Waals surface area (Å²) in [5, 5.41) is 21.9. The summed E-state index contributed by atoms with van der Waals surface area (Å²) in [7, 11) is 1.55. The largest absolute Gasteiger partial charge is 0.494 e. The quantitative estimate of drug-likeness (QED) is 0.220. The molecule has 168 valence electrons. The van der Waals surface area contributed by atoms with E-state index in [-0.39, 0.29) is 11.3 Å². The molecule has 3 aromatic rings. The molecule has 10 nitrogen and oxygen atoms in total. The van der Waals surface area contributed by atoms with Gasteiger partial charge in [-0.2, -0.15) is 5.11 Å². The average molecular weight is 448 g/mol. The molecule has 0 saturated heterocycles. The Balaban J connectivity index is 1.59. The first-order valence-electron chi connectivity index (χ1n) is 9.74. The third kappa shape index (κ3) is 6.20. The van der Waals surface area contributed by atoms with Gasteiger partial charge in [0.1, 0.15) is 11.4 Å². The standard InChI is InChI=1S/C23H20N4O6/c1-15-12-17(10-11-19(15)25-26-20-8-3-4-9-21(20)32-2)24-22(28)14-33-23(29)16-6-5-7-18(13-16)27(30)31/h3-13H,14H2,1-2H3,(H,24,28). The van der Waals surface area contributed by atoms with Crippen LogP contribution in [0.2, 0.25) is 0 Å². The molecule has 0 fully saturated rings. The Bertz CT molecular complexity index is 1230. The fourth-order valence-electron chi connectivity index (χ4n) is 2.82. The molecule has 0 saturated carbocycles. The minimum Gasteiger partial charge on any atom is -0.494 e. The Labute approximate surface area is 189 Å². The van der Waals surface area contributed by atoms with Crippen molar-refractivity contribution >= 4 is 34.6 Å². The van der Waals surface area contributed by atoms with Gasteiger partial charge in [-0.3, -0.25) is 14.9 Å². The van der Waals surface area contributed by atoms with Gasteiger partial charge >= 0.3 is 5.97 Å². The van der Waals surface area contributed by atoms with Crippen LogP contribution >= 0.6 is 0 Å². The van der Waals surface area contributed by atoms with Crippen molar-refractivity contribution in [3.63, 3.8) is 0 Å². The molecular weight excluding hydrogens is 428 g/mol. The maximum absolute atomic E-state index is 12.1. The molecule has 33 heavy (non-hydrogen) atoms. The van der Waals surface area contributed by atoms with Crippen molar-refractivity contribution in [2.75, 3.05) is 19.0 Å². The molecule has 0 unspecified atom stereocenters. The molecule has 1 amide bonds. The highest BCUT2D eigenvalue weighted by Gasteiger charge is 2.14. The lowest BCUT2D eigenvalue weighted by Gasteiger charge is -2.08. The van der Waals surface area contributed by atoms with Gasteiger partial charge < -0.3 is 14.8 Å². The molecule has 0 heterocycles. The number of esters is 1. The van der Waals surface area contributed by atoms with Crippen LogP contribution < -0.4 is 10.1 Å². The molecule has 1 N–H and O–H groups in total. The molecule has 0 aliphatic heterocycles. The molecule has 0 spiro atoms. The fraction of sp³-hybridized carbons (Fsp3) is 0.130. The summed E-state index contributed by atoms with van der Waals surface area (Å²) in [4.78, 5) is 34.4. The zero-order chi connectivity index (χ0) is 23.8. The van der Waals surface area contributed by atoms with E-state index >= 15 is 0 Å². The number of non-ortho nitro benzene ring substituents is 1. The average Bonchev–Trinajstić information content (AvgIpc) is 2.82. The Hall–Kier alpha value is -4.60. The third-order valence-electron chi connectivity index (χ3n) is 4.46. The van der Waals surface area contributed by atoms with Crippen LogP contribution in [0.5, 0.6) is 5.75 Å². The Kier molecular flexibility index (Phi) is 7.43. The number of hydrogen-bond acceptors (Lipinski definition) is 8. The molecule has 3 rings (SSSR count). The predicted octanol–water partition coefficient (Wildman–Crippen LogP) is 5.12. The van der Waals surface area contributed by atoms with E-state index in [4.69, 9.17) is 9.47 Å². The summed E-state index contributed by atoms with van der Waals surface area (Å²) < 4.78 is 10.2. The lowest BCUT2D eigenvalue weighted by atomic mass is 10.2. The number of nitrogens with zero attached hydrogens (tertiary/aromatic N) is 3. The second-order valence-electron chi connectivity index (χ2n) is 6.80. The van der Waals surface area contributed by atoms with Gasteiger partial charge in [-0.1, -0.05) is 18.2 Å². The van der Waals surface area contributed by atoms with Crippen LogP contribution in [0.25, 0.3) is 0 Å². The summed E-state index contributed by atoms with van der Waals surface area (Å²) >= 11 is 0. The van der Waals surface area contributed by atoms with Crippen molar-refractivity contribution in [2.24, 2.45) is 10.2 Å². The van der Waals surface area contributed by atoms with Crippen molar-refractivity contribution < 1.29 is 24.0 Å². The number of carbonyl (C=O) groups is 2. The first kappa shape index (κ1) is 23.1. The van der Waals surface area contributed by atoms with E-state index in [0.717, 1.165) is 11.6 Å². The molecular formula is C23H20N4O6. The van der Waals surface area contributed by atoms with Crippen LogP contribution in [0.1, 0.15) is 15.9 Å². The van der Waals surface area contributed by atoms with E-state index in [1.807, 2.05) is 19.1 Å². The van der Waals surface area contributed by atoms with Crippen LogP contribution in [0, 0.1) is 17.0 Å². The molecule has 0 aromatic heterocycles. The number of azo groups is 1. The molecule has 3 aromatic carbocycles. The monoisotopic (exact) mass is 448 g/mol. The number of nitrogens with one attached hydrogen (secondary N) is 1. The zero-order valence-electron chi connectivity index (χ0n) is 17.8. The number of anilines is 1. The van der Waals surface area contributed by atoms with E-state index in [1.54, 1.807) is 37.4 Å². The Morgan fingerprint density at radius 2 is 1.76 bits per heavy atom. The zero-order valence-corrected chi connectivity index (χ0v) is 17.8. The summed E-state index contributed by atoms with van der Waals surface area (Å²) in [6.45, 7) is 1.27. The highest BCUT2D eigenvalue weighted by Crippen LogP contribution is 2.30. The predicted molar refractivity (Wildman–Crippen MR) is 120 cm³/mol. The van der Waals surface area contributed by atoms with Crippen LogP contribution in [0.3, 0.4) is 0 Å². The van der Waals surface area contributed by atoms with Gasteiger partial charge in [0.05, 0.1) is 23.3 Å². The number of carbonyl (C=O) groups excluding carboxylic acids is 2. The lowest BCUT2D eigenvalue weighted by Crippen LogP contribution is -2.21. The maximum atomic E-state index is 12.1. The highest BCUT2D eigenvalue weighted by atomic mass is 16.6. The van der Waals surface area contributed by atoms with Crippen molar-refractivity contribution in [3.8, 4) is 5.75 Å². The van der Waals surface area contributed by atoms with Gasteiger partial charge in [-0.15, -0.1) is 5.11 Å².